The molecule has 3 heteroatoms. The van der Waals surface area contributed by atoms with E-state index >= 15 is 0 Å². The lowest BCUT2D eigenvalue weighted by Gasteiger charge is -2.27. The molecule has 1 atom stereocenters. The maximum Gasteiger partial charge on any atom is 0.239 e. The number of carbonyl (C=O) groups excluding carboxylic acids is 1. The minimum atomic E-state index is 0.0706. The number of hydrogen-bond acceptors (Lipinski definition) is 2. The molecule has 1 rings (SSSR count). The molecule has 0 aliphatic carbocycles. The van der Waals surface area contributed by atoms with Gasteiger partial charge in [0.2, 0.25) is 5.91 Å². The number of likely N-dealkylation sites (N-methyl/N-ethyl adjacent to an activating group) is 1. The predicted molar refractivity (Wildman–Crippen MR) is 67.4 cm³/mol. The van der Waals surface area contributed by atoms with Crippen molar-refractivity contribution in [2.75, 3.05) is 19.6 Å². The van der Waals surface area contributed by atoms with Crippen molar-refractivity contribution in [3.63, 3.8) is 0 Å². The maximum atomic E-state index is 12.3. The fraction of sp³-hybridized carbons (Fsp3) is 0.923. The number of nitrogens with zero attached hydrogens (tertiary/aromatic N) is 1. The third-order valence-corrected chi connectivity index (χ3v) is 3.14. The van der Waals surface area contributed by atoms with Gasteiger partial charge in [-0.2, -0.15) is 0 Å². The largest absolute Gasteiger partial charge is 0.341 e. The van der Waals surface area contributed by atoms with E-state index in [1.807, 2.05) is 4.90 Å². The van der Waals surface area contributed by atoms with Crippen molar-refractivity contribution in [2.24, 2.45) is 5.92 Å². The van der Waals surface area contributed by atoms with Gasteiger partial charge in [0.05, 0.1) is 6.04 Å². The van der Waals surface area contributed by atoms with Gasteiger partial charge in [-0.05, 0) is 32.2 Å². The molecule has 94 valence electrons. The molecule has 0 bridgehead atoms. The lowest BCUT2D eigenvalue weighted by atomic mass is 10.1. The Hall–Kier alpha value is -0.570. The summed E-state index contributed by atoms with van der Waals surface area (Å²) in [5.41, 5.74) is 0. The van der Waals surface area contributed by atoms with Gasteiger partial charge >= 0.3 is 0 Å². The SMILES string of the molecule is CCN(CC(C)C)C(=O)C1CCCCCN1. The average Bonchev–Trinajstić information content (AvgIpc) is 2.53. The highest BCUT2D eigenvalue weighted by Gasteiger charge is 2.24. The van der Waals surface area contributed by atoms with Crippen LogP contribution in [0.25, 0.3) is 0 Å². The second-order valence-corrected chi connectivity index (χ2v) is 5.13. The van der Waals surface area contributed by atoms with E-state index in [1.165, 1.54) is 19.3 Å². The second kappa shape index (κ2) is 6.89. The Kier molecular flexibility index (Phi) is 5.81. The van der Waals surface area contributed by atoms with Crippen molar-refractivity contribution in [3.8, 4) is 0 Å². The minimum absolute atomic E-state index is 0.0706. The summed E-state index contributed by atoms with van der Waals surface area (Å²) in [7, 11) is 0. The Morgan fingerprint density at radius 3 is 2.75 bits per heavy atom. The van der Waals surface area contributed by atoms with Crippen LogP contribution in [0.4, 0.5) is 0 Å². The molecule has 3 nitrogen and oxygen atoms in total. The molecule has 0 spiro atoms. The van der Waals surface area contributed by atoms with Crippen molar-refractivity contribution < 1.29 is 4.79 Å². The van der Waals surface area contributed by atoms with Crippen LogP contribution in [0.1, 0.15) is 46.5 Å². The predicted octanol–water partition coefficient (Wildman–Crippen LogP) is 2.02. The molecule has 1 unspecified atom stereocenters. The zero-order valence-electron chi connectivity index (χ0n) is 11.0. The quantitative estimate of drug-likeness (QED) is 0.795. The molecule has 0 saturated carbocycles. The van der Waals surface area contributed by atoms with Gasteiger partial charge in [0, 0.05) is 13.1 Å². The highest BCUT2D eigenvalue weighted by Crippen LogP contribution is 2.11. The third-order valence-electron chi connectivity index (χ3n) is 3.14. The van der Waals surface area contributed by atoms with Crippen molar-refractivity contribution in [1.29, 1.82) is 0 Å². The monoisotopic (exact) mass is 226 g/mol. The molecular formula is C13H26N2O. The van der Waals surface area contributed by atoms with Crippen molar-refractivity contribution in [2.45, 2.75) is 52.5 Å². The molecule has 16 heavy (non-hydrogen) atoms. The van der Waals surface area contributed by atoms with Crippen molar-refractivity contribution in [1.82, 2.24) is 10.2 Å². The first-order chi connectivity index (χ1) is 7.65. The summed E-state index contributed by atoms with van der Waals surface area (Å²) in [6.45, 7) is 9.10. The summed E-state index contributed by atoms with van der Waals surface area (Å²) < 4.78 is 0. The van der Waals surface area contributed by atoms with Crippen molar-refractivity contribution in [3.05, 3.63) is 0 Å². The first kappa shape index (κ1) is 13.5. The summed E-state index contributed by atoms with van der Waals surface area (Å²) in [6, 6.07) is 0.0706. The van der Waals surface area contributed by atoms with Gasteiger partial charge in [0.25, 0.3) is 0 Å². The van der Waals surface area contributed by atoms with Gasteiger partial charge in [-0.15, -0.1) is 0 Å². The summed E-state index contributed by atoms with van der Waals surface area (Å²) in [6.07, 6.45) is 4.66. The molecule has 0 aromatic rings. The molecule has 0 aromatic carbocycles. The molecule has 1 aliphatic rings. The molecule has 1 N–H and O–H groups in total. The maximum absolute atomic E-state index is 12.3. The van der Waals surface area contributed by atoms with Crippen LogP contribution in [-0.4, -0.2) is 36.5 Å². The Morgan fingerprint density at radius 1 is 1.38 bits per heavy atom. The number of amides is 1. The molecule has 1 amide bonds. The molecule has 1 saturated heterocycles. The first-order valence-corrected chi connectivity index (χ1v) is 6.67. The van der Waals surface area contributed by atoms with Crippen LogP contribution < -0.4 is 5.32 Å². The first-order valence-electron chi connectivity index (χ1n) is 6.67. The highest BCUT2D eigenvalue weighted by atomic mass is 16.2. The topological polar surface area (TPSA) is 32.3 Å². The molecule has 0 radical (unpaired) electrons. The summed E-state index contributed by atoms with van der Waals surface area (Å²) in [4.78, 5) is 14.3. The fourth-order valence-electron chi connectivity index (χ4n) is 2.28. The molecular weight excluding hydrogens is 200 g/mol. The third kappa shape index (κ3) is 4.12. The van der Waals surface area contributed by atoms with Crippen molar-refractivity contribution >= 4 is 5.91 Å². The van der Waals surface area contributed by atoms with Gasteiger partial charge in [0.1, 0.15) is 0 Å². The molecule has 1 heterocycles. The van der Waals surface area contributed by atoms with E-state index in [4.69, 9.17) is 0 Å². The van der Waals surface area contributed by atoms with E-state index < -0.39 is 0 Å². The Morgan fingerprint density at radius 2 is 2.12 bits per heavy atom. The standard InChI is InChI=1S/C13H26N2O/c1-4-15(10-11(2)3)13(16)12-8-6-5-7-9-14-12/h11-12,14H,4-10H2,1-3H3. The van der Waals surface area contributed by atoms with E-state index in [9.17, 15) is 4.79 Å². The van der Waals surface area contributed by atoms with Gasteiger partial charge in [-0.3, -0.25) is 4.79 Å². The van der Waals surface area contributed by atoms with Gasteiger partial charge in [-0.25, -0.2) is 0 Å². The Bertz CT molecular complexity index is 204. The lowest BCUT2D eigenvalue weighted by Crippen LogP contribution is -2.47. The lowest BCUT2D eigenvalue weighted by molar-refractivity contribution is -0.133. The molecule has 0 aromatic heterocycles. The molecule has 1 fully saturated rings. The van der Waals surface area contributed by atoms with Gasteiger partial charge < -0.3 is 10.2 Å². The van der Waals surface area contributed by atoms with Gasteiger partial charge in [0.15, 0.2) is 0 Å². The Labute approximate surface area is 99.6 Å². The number of nitrogens with one attached hydrogen (secondary N) is 1. The van der Waals surface area contributed by atoms with Crippen LogP contribution in [-0.2, 0) is 4.79 Å². The highest BCUT2D eigenvalue weighted by molar-refractivity contribution is 5.81. The number of carbonyl (C=O) groups is 1. The van der Waals surface area contributed by atoms with E-state index in [1.54, 1.807) is 0 Å². The Balaban J connectivity index is 2.51. The van der Waals surface area contributed by atoms with Crippen LogP contribution in [0.2, 0.25) is 0 Å². The zero-order valence-corrected chi connectivity index (χ0v) is 11.0. The van der Waals surface area contributed by atoms with E-state index in [0.717, 1.165) is 26.1 Å². The van der Waals surface area contributed by atoms with E-state index in [-0.39, 0.29) is 6.04 Å². The minimum Gasteiger partial charge on any atom is -0.341 e. The van der Waals surface area contributed by atoms with Crippen LogP contribution >= 0.6 is 0 Å². The van der Waals surface area contributed by atoms with Crippen LogP contribution in [0.15, 0.2) is 0 Å². The van der Waals surface area contributed by atoms with Crippen LogP contribution in [0.3, 0.4) is 0 Å². The summed E-state index contributed by atoms with van der Waals surface area (Å²) in [5.74, 6) is 0.854. The average molecular weight is 226 g/mol. The second-order valence-electron chi connectivity index (χ2n) is 5.13. The van der Waals surface area contributed by atoms with Crippen LogP contribution in [0, 0.1) is 5.92 Å². The van der Waals surface area contributed by atoms with Crippen LogP contribution in [0.5, 0.6) is 0 Å². The van der Waals surface area contributed by atoms with E-state index in [0.29, 0.717) is 11.8 Å². The normalized spacial score (nSPS) is 21.9. The number of hydrogen-bond donors (Lipinski definition) is 1. The number of rotatable bonds is 4. The summed E-state index contributed by atoms with van der Waals surface area (Å²) >= 11 is 0. The smallest absolute Gasteiger partial charge is 0.239 e. The zero-order chi connectivity index (χ0) is 12.0. The van der Waals surface area contributed by atoms with Gasteiger partial charge in [-0.1, -0.05) is 26.7 Å². The van der Waals surface area contributed by atoms with E-state index in [2.05, 4.69) is 26.1 Å². The molecule has 1 aliphatic heterocycles. The summed E-state index contributed by atoms with van der Waals surface area (Å²) in [5, 5.41) is 3.38. The fourth-order valence-corrected chi connectivity index (χ4v) is 2.28.